The van der Waals surface area contributed by atoms with Crippen molar-refractivity contribution in [2.24, 2.45) is 23.7 Å². The molecule has 0 aromatic heterocycles. The molecule has 4 heteroatoms. The molecule has 0 heterocycles. The molecule has 154 valence electrons. The lowest BCUT2D eigenvalue weighted by Gasteiger charge is -2.41. The van der Waals surface area contributed by atoms with E-state index in [1.165, 1.54) is 51.4 Å². The van der Waals surface area contributed by atoms with Crippen LogP contribution in [-0.4, -0.2) is 27.6 Å². The molecule has 6 unspecified atom stereocenters. The number of hydrogen-bond acceptors (Lipinski definition) is 2. The number of carbonyl (C=O) groups excluding carboxylic acids is 1. The van der Waals surface area contributed by atoms with Crippen molar-refractivity contribution in [3.63, 3.8) is 0 Å². The first-order valence-corrected chi connectivity index (χ1v) is 13.4. The van der Waals surface area contributed by atoms with Gasteiger partial charge in [-0.05, 0) is 76.0 Å². The highest BCUT2D eigenvalue weighted by molar-refractivity contribution is 9.10. The Bertz CT molecular complexity index is 503. The topological polar surface area (TPSA) is 26.3 Å². The van der Waals surface area contributed by atoms with Gasteiger partial charge in [-0.3, -0.25) is 4.79 Å². The summed E-state index contributed by atoms with van der Waals surface area (Å²) in [5, 5.41) is 0. The van der Waals surface area contributed by atoms with Gasteiger partial charge in [-0.1, -0.05) is 57.5 Å². The van der Waals surface area contributed by atoms with Crippen LogP contribution < -0.4 is 0 Å². The SMILES string of the molecule is O=C(C1CCC(OC2CCC3CCCCC3C2)CC1)C1CC(Br)CCC1Br. The molecule has 4 saturated carbocycles. The molecular formula is C23H36Br2O2. The number of Topliss-reactive ketones (excluding diaryl/α,β-unsaturated/α-hetero) is 1. The first-order valence-electron chi connectivity index (χ1n) is 11.6. The average Bonchev–Trinajstić information content (AvgIpc) is 2.70. The molecule has 0 saturated heterocycles. The van der Waals surface area contributed by atoms with Gasteiger partial charge in [0, 0.05) is 21.5 Å². The standard InChI is InChI=1S/C23H36Br2O2/c24-18-8-12-22(25)21(14-18)23(26)16-6-9-19(10-7-16)27-20-11-5-15-3-1-2-4-17(15)13-20/h15-22H,1-14H2. The molecule has 0 radical (unpaired) electrons. The third kappa shape index (κ3) is 5.20. The van der Waals surface area contributed by atoms with Crippen LogP contribution in [0.25, 0.3) is 0 Å². The van der Waals surface area contributed by atoms with Crippen LogP contribution >= 0.6 is 31.9 Å². The smallest absolute Gasteiger partial charge is 0.140 e. The van der Waals surface area contributed by atoms with Crippen molar-refractivity contribution < 1.29 is 9.53 Å². The Morgan fingerprint density at radius 3 is 2.19 bits per heavy atom. The number of hydrogen-bond donors (Lipinski definition) is 0. The number of carbonyl (C=O) groups is 1. The Hall–Kier alpha value is 0.590. The van der Waals surface area contributed by atoms with Gasteiger partial charge in [0.05, 0.1) is 12.2 Å². The fourth-order valence-corrected chi connectivity index (χ4v) is 7.80. The minimum absolute atomic E-state index is 0.215. The Balaban J connectivity index is 1.22. The van der Waals surface area contributed by atoms with Crippen molar-refractivity contribution in [1.82, 2.24) is 0 Å². The largest absolute Gasteiger partial charge is 0.375 e. The van der Waals surface area contributed by atoms with E-state index in [2.05, 4.69) is 31.9 Å². The van der Waals surface area contributed by atoms with Crippen LogP contribution in [0, 0.1) is 23.7 Å². The molecule has 4 aliphatic rings. The summed E-state index contributed by atoms with van der Waals surface area (Å²) in [4.78, 5) is 14.0. The summed E-state index contributed by atoms with van der Waals surface area (Å²) in [6, 6.07) is 0. The molecule has 0 spiro atoms. The van der Waals surface area contributed by atoms with E-state index < -0.39 is 0 Å². The van der Waals surface area contributed by atoms with Gasteiger partial charge >= 0.3 is 0 Å². The normalized spacial score (nSPS) is 45.9. The number of fused-ring (bicyclic) bond motifs is 1. The lowest BCUT2D eigenvalue weighted by Crippen LogP contribution is -2.39. The number of ether oxygens (including phenoxy) is 1. The van der Waals surface area contributed by atoms with Gasteiger partial charge in [-0.25, -0.2) is 0 Å². The maximum Gasteiger partial charge on any atom is 0.140 e. The van der Waals surface area contributed by atoms with E-state index in [1.807, 2.05) is 0 Å². The Kier molecular flexibility index (Phi) is 7.41. The second-order valence-corrected chi connectivity index (χ2v) is 12.3. The zero-order chi connectivity index (χ0) is 18.8. The summed E-state index contributed by atoms with van der Waals surface area (Å²) >= 11 is 7.53. The van der Waals surface area contributed by atoms with Crippen LogP contribution in [0.1, 0.15) is 89.9 Å². The van der Waals surface area contributed by atoms with E-state index in [4.69, 9.17) is 4.74 Å². The van der Waals surface area contributed by atoms with Crippen molar-refractivity contribution >= 4 is 37.6 Å². The summed E-state index contributed by atoms with van der Waals surface area (Å²) in [6.07, 6.45) is 18.3. The van der Waals surface area contributed by atoms with Gasteiger partial charge in [0.15, 0.2) is 0 Å². The van der Waals surface area contributed by atoms with E-state index in [1.54, 1.807) is 0 Å². The Morgan fingerprint density at radius 1 is 0.704 bits per heavy atom. The third-order valence-electron chi connectivity index (χ3n) is 8.02. The number of ketones is 1. The van der Waals surface area contributed by atoms with Gasteiger partial charge in [0.25, 0.3) is 0 Å². The van der Waals surface area contributed by atoms with Crippen LogP contribution in [0.4, 0.5) is 0 Å². The van der Waals surface area contributed by atoms with E-state index in [-0.39, 0.29) is 11.8 Å². The first kappa shape index (κ1) is 20.8. The van der Waals surface area contributed by atoms with Crippen molar-refractivity contribution in [1.29, 1.82) is 0 Å². The average molecular weight is 504 g/mol. The van der Waals surface area contributed by atoms with Crippen LogP contribution in [0.2, 0.25) is 0 Å². The molecule has 6 atom stereocenters. The van der Waals surface area contributed by atoms with Crippen molar-refractivity contribution in [3.05, 3.63) is 0 Å². The first-order chi connectivity index (χ1) is 13.1. The predicted octanol–water partition coefficient (Wildman–Crippen LogP) is 6.82. The monoisotopic (exact) mass is 502 g/mol. The van der Waals surface area contributed by atoms with E-state index in [9.17, 15) is 4.79 Å². The fourth-order valence-electron chi connectivity index (χ4n) is 6.39. The molecule has 2 nitrogen and oxygen atoms in total. The van der Waals surface area contributed by atoms with E-state index in [0.29, 0.717) is 27.6 Å². The van der Waals surface area contributed by atoms with Gasteiger partial charge in [-0.2, -0.15) is 0 Å². The molecule has 0 aromatic rings. The third-order valence-corrected chi connectivity index (χ3v) is 9.95. The Labute approximate surface area is 182 Å². The fraction of sp³-hybridized carbons (Fsp3) is 0.957. The van der Waals surface area contributed by atoms with E-state index in [0.717, 1.165) is 50.4 Å². The van der Waals surface area contributed by atoms with Crippen LogP contribution in [0.15, 0.2) is 0 Å². The number of rotatable bonds is 4. The molecule has 4 aliphatic carbocycles. The highest BCUT2D eigenvalue weighted by atomic mass is 79.9. The Morgan fingerprint density at radius 2 is 1.41 bits per heavy atom. The molecule has 4 rings (SSSR count). The van der Waals surface area contributed by atoms with Gasteiger partial charge in [-0.15, -0.1) is 0 Å². The number of halogens is 2. The summed E-state index contributed by atoms with van der Waals surface area (Å²) in [5.74, 6) is 2.96. The lowest BCUT2D eigenvalue weighted by molar-refractivity contribution is -0.130. The van der Waals surface area contributed by atoms with Gasteiger partial charge in [0.1, 0.15) is 5.78 Å². The molecule has 4 fully saturated rings. The van der Waals surface area contributed by atoms with E-state index >= 15 is 0 Å². The summed E-state index contributed by atoms with van der Waals surface area (Å²) < 4.78 is 6.56. The van der Waals surface area contributed by atoms with Crippen LogP contribution in [0.5, 0.6) is 0 Å². The summed E-state index contributed by atoms with van der Waals surface area (Å²) in [6.45, 7) is 0. The second-order valence-electron chi connectivity index (χ2n) is 9.78. The van der Waals surface area contributed by atoms with Gasteiger partial charge in [0.2, 0.25) is 0 Å². The minimum Gasteiger partial charge on any atom is -0.375 e. The highest BCUT2D eigenvalue weighted by Crippen LogP contribution is 2.43. The maximum atomic E-state index is 13.1. The van der Waals surface area contributed by atoms with Crippen LogP contribution in [0.3, 0.4) is 0 Å². The molecule has 0 aromatic carbocycles. The minimum atomic E-state index is 0.215. The summed E-state index contributed by atoms with van der Waals surface area (Å²) in [7, 11) is 0. The highest BCUT2D eigenvalue weighted by Gasteiger charge is 2.39. The summed E-state index contributed by atoms with van der Waals surface area (Å²) in [5.41, 5.74) is 0. The zero-order valence-electron chi connectivity index (χ0n) is 16.6. The van der Waals surface area contributed by atoms with Crippen molar-refractivity contribution in [2.75, 3.05) is 0 Å². The van der Waals surface area contributed by atoms with Crippen molar-refractivity contribution in [3.8, 4) is 0 Å². The molecule has 0 aliphatic heterocycles. The molecular weight excluding hydrogens is 468 g/mol. The lowest BCUT2D eigenvalue weighted by atomic mass is 9.70. The second kappa shape index (κ2) is 9.60. The molecule has 0 bridgehead atoms. The maximum absolute atomic E-state index is 13.1. The van der Waals surface area contributed by atoms with Crippen LogP contribution in [-0.2, 0) is 9.53 Å². The predicted molar refractivity (Wildman–Crippen MR) is 118 cm³/mol. The number of alkyl halides is 2. The van der Waals surface area contributed by atoms with Crippen molar-refractivity contribution in [2.45, 2.75) is 112 Å². The molecule has 0 amide bonds. The van der Waals surface area contributed by atoms with Gasteiger partial charge < -0.3 is 4.74 Å². The molecule has 27 heavy (non-hydrogen) atoms. The molecule has 0 N–H and O–H groups in total. The quantitative estimate of drug-likeness (QED) is 0.393. The zero-order valence-corrected chi connectivity index (χ0v) is 19.8.